The van der Waals surface area contributed by atoms with Crippen molar-refractivity contribution in [1.29, 1.82) is 0 Å². The fourth-order valence-corrected chi connectivity index (χ4v) is 3.39. The van der Waals surface area contributed by atoms with Gasteiger partial charge < -0.3 is 10.1 Å². The van der Waals surface area contributed by atoms with Gasteiger partial charge in [0, 0.05) is 36.8 Å². The highest BCUT2D eigenvalue weighted by Gasteiger charge is 2.40. The Morgan fingerprint density at radius 3 is 2.79 bits per heavy atom. The van der Waals surface area contributed by atoms with Crippen molar-refractivity contribution in [3.63, 3.8) is 0 Å². The Bertz CT molecular complexity index is 460. The Kier molecular flexibility index (Phi) is 3.18. The fraction of sp³-hybridized carbons (Fsp3) is 0.800. The summed E-state index contributed by atoms with van der Waals surface area (Å²) in [6.07, 6.45) is 6.75. The molecule has 106 valence electrons. The topological polar surface area (TPSA) is 39.1 Å². The van der Waals surface area contributed by atoms with E-state index in [9.17, 15) is 0 Å². The molecule has 0 aromatic carbocycles. The summed E-state index contributed by atoms with van der Waals surface area (Å²) < 4.78 is 7.82. The van der Waals surface area contributed by atoms with Crippen molar-refractivity contribution in [2.24, 2.45) is 7.05 Å². The van der Waals surface area contributed by atoms with Gasteiger partial charge in [-0.25, -0.2) is 0 Å². The maximum Gasteiger partial charge on any atom is 0.0733 e. The molecule has 2 fully saturated rings. The van der Waals surface area contributed by atoms with E-state index in [1.807, 2.05) is 11.7 Å². The number of ether oxygens (including phenoxy) is 1. The van der Waals surface area contributed by atoms with Crippen LogP contribution in [0, 0.1) is 0 Å². The Morgan fingerprint density at radius 2 is 2.21 bits per heavy atom. The lowest BCUT2D eigenvalue weighted by Gasteiger charge is -2.22. The van der Waals surface area contributed by atoms with E-state index in [1.54, 1.807) is 0 Å². The zero-order chi connectivity index (χ0) is 13.6. The first-order chi connectivity index (χ1) is 8.93. The van der Waals surface area contributed by atoms with Crippen LogP contribution in [0.3, 0.4) is 0 Å². The van der Waals surface area contributed by atoms with Gasteiger partial charge in [-0.15, -0.1) is 0 Å². The van der Waals surface area contributed by atoms with E-state index in [0.717, 1.165) is 6.54 Å². The smallest absolute Gasteiger partial charge is 0.0733 e. The number of rotatable bonds is 3. The van der Waals surface area contributed by atoms with Crippen LogP contribution in [0.2, 0.25) is 0 Å². The highest BCUT2D eigenvalue weighted by molar-refractivity contribution is 5.24. The second-order valence-corrected chi connectivity index (χ2v) is 7.02. The summed E-state index contributed by atoms with van der Waals surface area (Å²) in [6, 6.07) is 0.534. The number of aryl methyl sites for hydroxylation is 1. The van der Waals surface area contributed by atoms with Crippen molar-refractivity contribution in [2.45, 2.75) is 70.2 Å². The van der Waals surface area contributed by atoms with Crippen LogP contribution in [0.5, 0.6) is 0 Å². The molecule has 1 N–H and O–H groups in total. The molecule has 4 heteroatoms. The molecule has 1 aromatic rings. The predicted molar refractivity (Wildman–Crippen MR) is 75.0 cm³/mol. The van der Waals surface area contributed by atoms with Crippen molar-refractivity contribution in [3.05, 3.63) is 17.5 Å². The van der Waals surface area contributed by atoms with Gasteiger partial charge in [-0.05, 0) is 19.3 Å². The molecule has 0 saturated carbocycles. The van der Waals surface area contributed by atoms with Gasteiger partial charge in [0.15, 0.2) is 0 Å². The summed E-state index contributed by atoms with van der Waals surface area (Å²) in [7, 11) is 2.00. The van der Waals surface area contributed by atoms with Crippen LogP contribution in [0.25, 0.3) is 0 Å². The van der Waals surface area contributed by atoms with Crippen LogP contribution in [0.15, 0.2) is 6.20 Å². The number of fused-ring (bicyclic) bond motifs is 2. The van der Waals surface area contributed by atoms with E-state index in [4.69, 9.17) is 4.74 Å². The Hall–Kier alpha value is -0.870. The van der Waals surface area contributed by atoms with E-state index >= 15 is 0 Å². The second-order valence-electron chi connectivity index (χ2n) is 7.02. The number of hydrogen-bond acceptors (Lipinski definition) is 3. The molecule has 2 aliphatic heterocycles. The van der Waals surface area contributed by atoms with Gasteiger partial charge >= 0.3 is 0 Å². The maximum absolute atomic E-state index is 5.89. The Balaban J connectivity index is 1.67. The quantitative estimate of drug-likeness (QED) is 0.908. The van der Waals surface area contributed by atoms with Gasteiger partial charge in [0.05, 0.1) is 17.9 Å². The number of aromatic nitrogens is 2. The molecule has 3 unspecified atom stereocenters. The van der Waals surface area contributed by atoms with Crippen molar-refractivity contribution in [1.82, 2.24) is 15.1 Å². The van der Waals surface area contributed by atoms with Crippen molar-refractivity contribution < 1.29 is 4.74 Å². The summed E-state index contributed by atoms with van der Waals surface area (Å²) in [5.74, 6) is 0. The molecule has 0 amide bonds. The monoisotopic (exact) mass is 263 g/mol. The van der Waals surface area contributed by atoms with E-state index in [2.05, 4.69) is 37.4 Å². The summed E-state index contributed by atoms with van der Waals surface area (Å²) in [6.45, 7) is 7.57. The SMILES string of the molecule is Cn1cc(CNC2CC3CCC2O3)c(C(C)(C)C)n1. The summed E-state index contributed by atoms with van der Waals surface area (Å²) in [4.78, 5) is 0. The van der Waals surface area contributed by atoms with Crippen LogP contribution in [0.1, 0.15) is 51.3 Å². The highest BCUT2D eigenvalue weighted by atomic mass is 16.5. The average molecular weight is 263 g/mol. The molecule has 2 aliphatic rings. The average Bonchev–Trinajstić information content (AvgIpc) is 2.99. The summed E-state index contributed by atoms with van der Waals surface area (Å²) >= 11 is 0. The molecule has 0 spiro atoms. The number of nitrogens with zero attached hydrogens (tertiary/aromatic N) is 2. The van der Waals surface area contributed by atoms with Crippen LogP contribution >= 0.6 is 0 Å². The zero-order valence-electron chi connectivity index (χ0n) is 12.4. The molecule has 1 aromatic heterocycles. The molecule has 3 atom stereocenters. The minimum absolute atomic E-state index is 0.101. The van der Waals surface area contributed by atoms with Crippen LogP contribution in [-0.4, -0.2) is 28.0 Å². The van der Waals surface area contributed by atoms with Gasteiger partial charge in [0.25, 0.3) is 0 Å². The third-order valence-corrected chi connectivity index (χ3v) is 4.28. The third-order valence-electron chi connectivity index (χ3n) is 4.28. The standard InChI is InChI=1S/C15H25N3O/c1-15(2,3)14-10(9-18(4)17-14)8-16-12-7-11-5-6-13(12)19-11/h9,11-13,16H,5-8H2,1-4H3. The predicted octanol–water partition coefficient (Wildman–Crippen LogP) is 2.13. The van der Waals surface area contributed by atoms with E-state index in [1.165, 1.54) is 30.5 Å². The molecule has 19 heavy (non-hydrogen) atoms. The fourth-order valence-electron chi connectivity index (χ4n) is 3.39. The number of nitrogens with one attached hydrogen (secondary N) is 1. The maximum atomic E-state index is 5.89. The molecule has 3 heterocycles. The summed E-state index contributed by atoms with van der Waals surface area (Å²) in [5.41, 5.74) is 2.62. The highest BCUT2D eigenvalue weighted by Crippen LogP contribution is 2.34. The first-order valence-corrected chi connectivity index (χ1v) is 7.35. The molecule has 3 rings (SSSR count). The first kappa shape index (κ1) is 13.1. The molecular weight excluding hydrogens is 238 g/mol. The van der Waals surface area contributed by atoms with Gasteiger partial charge in [-0.3, -0.25) is 4.68 Å². The van der Waals surface area contributed by atoms with Gasteiger partial charge in [-0.2, -0.15) is 5.10 Å². The van der Waals surface area contributed by atoms with Crippen LogP contribution in [-0.2, 0) is 23.7 Å². The third kappa shape index (κ3) is 2.56. The molecule has 4 nitrogen and oxygen atoms in total. The minimum atomic E-state index is 0.101. The first-order valence-electron chi connectivity index (χ1n) is 7.35. The Morgan fingerprint density at radius 1 is 1.42 bits per heavy atom. The molecule has 2 saturated heterocycles. The lowest BCUT2D eigenvalue weighted by molar-refractivity contribution is 0.0972. The van der Waals surface area contributed by atoms with Gasteiger partial charge in [-0.1, -0.05) is 20.8 Å². The normalized spacial score (nSPS) is 30.2. The van der Waals surface area contributed by atoms with E-state index in [0.29, 0.717) is 18.2 Å². The minimum Gasteiger partial charge on any atom is -0.373 e. The molecular formula is C15H25N3O. The van der Waals surface area contributed by atoms with E-state index < -0.39 is 0 Å². The lowest BCUT2D eigenvalue weighted by atomic mass is 9.89. The Labute approximate surface area is 115 Å². The largest absolute Gasteiger partial charge is 0.373 e. The molecule has 0 radical (unpaired) electrons. The lowest BCUT2D eigenvalue weighted by Crippen LogP contribution is -2.37. The van der Waals surface area contributed by atoms with Gasteiger partial charge in [0.2, 0.25) is 0 Å². The van der Waals surface area contributed by atoms with Gasteiger partial charge in [0.1, 0.15) is 0 Å². The molecule has 2 bridgehead atoms. The van der Waals surface area contributed by atoms with Crippen molar-refractivity contribution in [3.8, 4) is 0 Å². The molecule has 0 aliphatic carbocycles. The number of hydrogen-bond donors (Lipinski definition) is 1. The van der Waals surface area contributed by atoms with Crippen molar-refractivity contribution >= 4 is 0 Å². The van der Waals surface area contributed by atoms with Crippen LogP contribution < -0.4 is 5.32 Å². The van der Waals surface area contributed by atoms with Crippen molar-refractivity contribution in [2.75, 3.05) is 0 Å². The summed E-state index contributed by atoms with van der Waals surface area (Å²) in [5, 5.41) is 8.30. The van der Waals surface area contributed by atoms with Crippen LogP contribution in [0.4, 0.5) is 0 Å². The zero-order valence-corrected chi connectivity index (χ0v) is 12.4. The second kappa shape index (κ2) is 4.60. The van der Waals surface area contributed by atoms with E-state index in [-0.39, 0.29) is 5.41 Å².